The fourth-order valence-electron chi connectivity index (χ4n) is 2.81. The second kappa shape index (κ2) is 5.83. The fourth-order valence-corrected chi connectivity index (χ4v) is 2.81. The Hall–Kier alpha value is -0.610. The predicted octanol–water partition coefficient (Wildman–Crippen LogP) is 0.635. The quantitative estimate of drug-likeness (QED) is 0.723. The number of carbonyl (C=O) groups excluding carboxylic acids is 1. The highest BCUT2D eigenvalue weighted by atomic mass is 16.2. The lowest BCUT2D eigenvalue weighted by Gasteiger charge is -2.28. The second-order valence-electron chi connectivity index (χ2n) is 5.58. The van der Waals surface area contributed by atoms with Gasteiger partial charge in [-0.05, 0) is 39.8 Å². The zero-order chi connectivity index (χ0) is 12.3. The summed E-state index contributed by atoms with van der Waals surface area (Å²) >= 11 is 0. The first-order valence-electron chi connectivity index (χ1n) is 6.83. The number of piperidine rings is 1. The van der Waals surface area contributed by atoms with Gasteiger partial charge in [-0.1, -0.05) is 0 Å². The van der Waals surface area contributed by atoms with Gasteiger partial charge in [-0.3, -0.25) is 9.69 Å². The van der Waals surface area contributed by atoms with E-state index in [9.17, 15) is 4.79 Å². The number of nitrogens with zero attached hydrogens (tertiary/aromatic N) is 3. The molecule has 2 aliphatic rings. The third-order valence-electron chi connectivity index (χ3n) is 4.05. The van der Waals surface area contributed by atoms with Crippen molar-refractivity contribution in [2.24, 2.45) is 0 Å². The van der Waals surface area contributed by atoms with Crippen molar-refractivity contribution >= 4 is 5.91 Å². The Morgan fingerprint density at radius 3 is 2.47 bits per heavy atom. The minimum Gasteiger partial charge on any atom is -0.342 e. The Labute approximate surface area is 105 Å². The van der Waals surface area contributed by atoms with Crippen molar-refractivity contribution in [3.05, 3.63) is 0 Å². The van der Waals surface area contributed by atoms with E-state index in [0.717, 1.165) is 26.2 Å². The molecular formula is C13H25N3O. The van der Waals surface area contributed by atoms with Crippen LogP contribution in [0.2, 0.25) is 0 Å². The number of likely N-dealkylation sites (tertiary alicyclic amines) is 2. The van der Waals surface area contributed by atoms with Gasteiger partial charge in [-0.15, -0.1) is 0 Å². The third kappa shape index (κ3) is 3.42. The molecule has 0 aliphatic carbocycles. The Morgan fingerprint density at radius 1 is 1.18 bits per heavy atom. The molecule has 0 aromatic carbocycles. The van der Waals surface area contributed by atoms with Gasteiger partial charge in [0, 0.05) is 32.2 Å². The molecule has 4 heteroatoms. The van der Waals surface area contributed by atoms with Crippen molar-refractivity contribution in [3.8, 4) is 0 Å². The highest BCUT2D eigenvalue weighted by Crippen LogP contribution is 2.14. The molecule has 0 aromatic rings. The minimum absolute atomic E-state index is 0.337. The van der Waals surface area contributed by atoms with Crippen LogP contribution in [-0.4, -0.2) is 73.5 Å². The summed E-state index contributed by atoms with van der Waals surface area (Å²) in [5.74, 6) is 0.337. The SMILES string of the molecule is CN(C)C1CCN(CC(=O)N2CCCCC2)C1. The summed E-state index contributed by atoms with van der Waals surface area (Å²) in [7, 11) is 4.25. The molecule has 0 radical (unpaired) electrons. The molecule has 0 spiro atoms. The van der Waals surface area contributed by atoms with Crippen LogP contribution in [0.4, 0.5) is 0 Å². The Bertz CT molecular complexity index is 261. The molecule has 0 N–H and O–H groups in total. The molecule has 2 saturated heterocycles. The van der Waals surface area contributed by atoms with Gasteiger partial charge in [0.15, 0.2) is 0 Å². The summed E-state index contributed by atoms with van der Waals surface area (Å²) in [6.45, 7) is 4.70. The van der Waals surface area contributed by atoms with E-state index < -0.39 is 0 Å². The topological polar surface area (TPSA) is 26.8 Å². The molecule has 17 heavy (non-hydrogen) atoms. The minimum atomic E-state index is 0.337. The van der Waals surface area contributed by atoms with Crippen LogP contribution in [0.25, 0.3) is 0 Å². The van der Waals surface area contributed by atoms with E-state index in [1.807, 2.05) is 4.90 Å². The van der Waals surface area contributed by atoms with Gasteiger partial charge in [-0.2, -0.15) is 0 Å². The molecule has 2 aliphatic heterocycles. The van der Waals surface area contributed by atoms with E-state index in [-0.39, 0.29) is 0 Å². The maximum atomic E-state index is 12.1. The van der Waals surface area contributed by atoms with E-state index in [1.165, 1.54) is 25.7 Å². The number of hydrogen-bond donors (Lipinski definition) is 0. The van der Waals surface area contributed by atoms with Crippen molar-refractivity contribution in [1.29, 1.82) is 0 Å². The normalized spacial score (nSPS) is 26.8. The van der Waals surface area contributed by atoms with Gasteiger partial charge in [0.1, 0.15) is 0 Å². The summed E-state index contributed by atoms with van der Waals surface area (Å²) in [5, 5.41) is 0. The van der Waals surface area contributed by atoms with Gasteiger partial charge in [-0.25, -0.2) is 0 Å². The predicted molar refractivity (Wildman–Crippen MR) is 69.0 cm³/mol. The van der Waals surface area contributed by atoms with Crippen LogP contribution in [-0.2, 0) is 4.79 Å². The monoisotopic (exact) mass is 239 g/mol. The summed E-state index contributed by atoms with van der Waals surface area (Å²) in [5.41, 5.74) is 0. The molecular weight excluding hydrogens is 214 g/mol. The summed E-state index contributed by atoms with van der Waals surface area (Å²) in [6.07, 6.45) is 4.86. The number of likely N-dealkylation sites (N-methyl/N-ethyl adjacent to an activating group) is 1. The van der Waals surface area contributed by atoms with Crippen molar-refractivity contribution in [2.45, 2.75) is 31.7 Å². The van der Waals surface area contributed by atoms with Crippen LogP contribution < -0.4 is 0 Å². The highest BCUT2D eigenvalue weighted by Gasteiger charge is 2.27. The largest absolute Gasteiger partial charge is 0.342 e. The molecule has 4 nitrogen and oxygen atoms in total. The lowest BCUT2D eigenvalue weighted by atomic mass is 10.1. The average Bonchev–Trinajstić information content (AvgIpc) is 2.79. The standard InChI is InChI=1S/C13H25N3O/c1-14(2)12-6-9-15(10-12)11-13(17)16-7-4-3-5-8-16/h12H,3-11H2,1-2H3. The maximum absolute atomic E-state index is 12.1. The molecule has 2 heterocycles. The van der Waals surface area contributed by atoms with Crippen molar-refractivity contribution in [2.75, 3.05) is 46.8 Å². The molecule has 0 bridgehead atoms. The first kappa shape index (κ1) is 12.8. The van der Waals surface area contributed by atoms with Gasteiger partial charge < -0.3 is 9.80 Å². The highest BCUT2D eigenvalue weighted by molar-refractivity contribution is 5.78. The average molecular weight is 239 g/mol. The summed E-state index contributed by atoms with van der Waals surface area (Å²) in [6, 6.07) is 0.629. The molecule has 0 aromatic heterocycles. The molecule has 1 atom stereocenters. The zero-order valence-corrected chi connectivity index (χ0v) is 11.2. The second-order valence-corrected chi connectivity index (χ2v) is 5.58. The zero-order valence-electron chi connectivity index (χ0n) is 11.2. The van der Waals surface area contributed by atoms with E-state index in [4.69, 9.17) is 0 Å². The van der Waals surface area contributed by atoms with Gasteiger partial charge in [0.05, 0.1) is 6.54 Å². The van der Waals surface area contributed by atoms with E-state index in [2.05, 4.69) is 23.9 Å². The Kier molecular flexibility index (Phi) is 4.40. The van der Waals surface area contributed by atoms with E-state index in [0.29, 0.717) is 18.5 Å². The Balaban J connectivity index is 1.75. The molecule has 2 rings (SSSR count). The first-order chi connectivity index (χ1) is 8.16. The van der Waals surface area contributed by atoms with Gasteiger partial charge in [0.25, 0.3) is 0 Å². The summed E-state index contributed by atoms with van der Waals surface area (Å²) in [4.78, 5) is 18.7. The number of carbonyl (C=O) groups is 1. The number of rotatable bonds is 3. The van der Waals surface area contributed by atoms with Crippen LogP contribution in [0, 0.1) is 0 Å². The third-order valence-corrected chi connectivity index (χ3v) is 4.05. The van der Waals surface area contributed by atoms with Crippen LogP contribution in [0.3, 0.4) is 0 Å². The van der Waals surface area contributed by atoms with Crippen molar-refractivity contribution < 1.29 is 4.79 Å². The first-order valence-corrected chi connectivity index (χ1v) is 6.83. The fraction of sp³-hybridized carbons (Fsp3) is 0.923. The van der Waals surface area contributed by atoms with Crippen LogP contribution in [0.5, 0.6) is 0 Å². The van der Waals surface area contributed by atoms with E-state index >= 15 is 0 Å². The molecule has 0 saturated carbocycles. The maximum Gasteiger partial charge on any atom is 0.236 e. The van der Waals surface area contributed by atoms with E-state index in [1.54, 1.807) is 0 Å². The lowest BCUT2D eigenvalue weighted by Crippen LogP contribution is -2.42. The molecule has 1 amide bonds. The number of amides is 1. The van der Waals surface area contributed by atoms with Gasteiger partial charge in [0.2, 0.25) is 5.91 Å². The van der Waals surface area contributed by atoms with Gasteiger partial charge >= 0.3 is 0 Å². The van der Waals surface area contributed by atoms with Crippen molar-refractivity contribution in [3.63, 3.8) is 0 Å². The number of hydrogen-bond acceptors (Lipinski definition) is 3. The van der Waals surface area contributed by atoms with Crippen molar-refractivity contribution in [1.82, 2.24) is 14.7 Å². The summed E-state index contributed by atoms with van der Waals surface area (Å²) < 4.78 is 0. The molecule has 2 fully saturated rings. The lowest BCUT2D eigenvalue weighted by molar-refractivity contribution is -0.133. The Morgan fingerprint density at radius 2 is 1.88 bits per heavy atom. The molecule has 98 valence electrons. The molecule has 1 unspecified atom stereocenters. The smallest absolute Gasteiger partial charge is 0.236 e. The van der Waals surface area contributed by atoms with Crippen LogP contribution in [0.15, 0.2) is 0 Å². The van der Waals surface area contributed by atoms with Crippen LogP contribution in [0.1, 0.15) is 25.7 Å². The van der Waals surface area contributed by atoms with Crippen LogP contribution >= 0.6 is 0 Å².